The van der Waals surface area contributed by atoms with Crippen LogP contribution in [0.2, 0.25) is 0 Å². The van der Waals surface area contributed by atoms with Crippen molar-refractivity contribution in [3.8, 4) is 0 Å². The molecule has 0 aromatic rings. The third kappa shape index (κ3) is 1.18. The van der Waals surface area contributed by atoms with Crippen LogP contribution >= 0.6 is 0 Å². The molecule has 0 aromatic carbocycles. The van der Waals surface area contributed by atoms with Crippen LogP contribution in [0.3, 0.4) is 0 Å². The van der Waals surface area contributed by atoms with Gasteiger partial charge in [-0.05, 0) is 0 Å². The van der Waals surface area contributed by atoms with Crippen LogP contribution in [0.5, 0.6) is 0 Å². The Bertz CT molecular complexity index is 527. The van der Waals surface area contributed by atoms with E-state index in [1.165, 1.54) is 20.2 Å². The monoisotopic (exact) mass is 222 g/mol. The van der Waals surface area contributed by atoms with Gasteiger partial charge in [-0.15, -0.1) is 0 Å². The van der Waals surface area contributed by atoms with Crippen LogP contribution in [0.15, 0.2) is 16.6 Å². The molecule has 0 spiro atoms. The fourth-order valence-corrected chi connectivity index (χ4v) is 1.51. The first-order valence-corrected chi connectivity index (χ1v) is 4.40. The number of carboxylic acids is 1. The lowest BCUT2D eigenvalue weighted by Crippen LogP contribution is -2.46. The Balaban J connectivity index is 2.62. The number of aliphatic carboxylic acids is 1. The third-order valence-electron chi connectivity index (χ3n) is 2.39. The summed E-state index contributed by atoms with van der Waals surface area (Å²) >= 11 is 0. The fraction of sp³-hybridized carbons (Fsp3) is 0.222. The van der Waals surface area contributed by atoms with Gasteiger partial charge >= 0.3 is 17.9 Å². The molecule has 0 saturated heterocycles. The number of carboxylic acid groups (broad SMARTS) is 1. The Morgan fingerprint density at radius 3 is 2.69 bits per heavy atom. The molecule has 16 heavy (non-hydrogen) atoms. The van der Waals surface area contributed by atoms with Crippen molar-refractivity contribution >= 4 is 29.5 Å². The molecule has 2 heterocycles. The van der Waals surface area contributed by atoms with Crippen LogP contribution in [0, 0.1) is 0 Å². The molecular weight excluding hydrogens is 214 g/mol. The molecule has 0 radical (unpaired) electrons. The normalized spacial score (nSPS) is 19.8. The number of carbonyl (C=O) groups excluding carboxylic acids is 2. The second-order valence-electron chi connectivity index (χ2n) is 3.39. The van der Waals surface area contributed by atoms with Gasteiger partial charge in [0.05, 0.1) is 14.1 Å². The first kappa shape index (κ1) is 10.2. The highest BCUT2D eigenvalue weighted by molar-refractivity contribution is 6.48. The summed E-state index contributed by atoms with van der Waals surface area (Å²) in [6.07, 6.45) is 1.17. The third-order valence-corrected chi connectivity index (χ3v) is 2.39. The minimum atomic E-state index is -1.23. The maximum atomic E-state index is 11.7. The van der Waals surface area contributed by atoms with Crippen molar-refractivity contribution in [2.24, 2.45) is 4.99 Å². The minimum Gasteiger partial charge on any atom is -0.475 e. The van der Waals surface area contributed by atoms with Crippen molar-refractivity contribution < 1.29 is 24.1 Å². The zero-order valence-corrected chi connectivity index (χ0v) is 8.59. The number of carbonyl (C=O) groups is 3. The van der Waals surface area contributed by atoms with Crippen LogP contribution < -0.4 is 0 Å². The summed E-state index contributed by atoms with van der Waals surface area (Å²) in [5.74, 6) is -1.69. The molecule has 0 aliphatic carbocycles. The average Bonchev–Trinajstić information content (AvgIpc) is 2.68. The minimum absolute atomic E-state index is 0.0884. The Morgan fingerprint density at radius 2 is 2.12 bits per heavy atom. The van der Waals surface area contributed by atoms with E-state index in [1.807, 2.05) is 0 Å². The van der Waals surface area contributed by atoms with Gasteiger partial charge in [0.15, 0.2) is 0 Å². The standard InChI is InChI=1S/C9H7N3O4/c1-11-6-4(3-5(10-6)8(14)15)7(13)12(2)9(11)16/h3H,1-2H3/p+1. The number of rotatable bonds is 1. The van der Waals surface area contributed by atoms with Crippen molar-refractivity contribution in [2.45, 2.75) is 0 Å². The smallest absolute Gasteiger partial charge is 0.445 e. The van der Waals surface area contributed by atoms with Crippen LogP contribution in [0.1, 0.15) is 0 Å². The van der Waals surface area contributed by atoms with E-state index in [0.29, 0.717) is 0 Å². The predicted octanol–water partition coefficient (Wildman–Crippen LogP) is -0.915. The topological polar surface area (TPSA) is 90.1 Å². The van der Waals surface area contributed by atoms with E-state index >= 15 is 0 Å². The Labute approximate surface area is 90.0 Å². The summed E-state index contributed by atoms with van der Waals surface area (Å²) < 4.78 is 1.14. The van der Waals surface area contributed by atoms with E-state index in [-0.39, 0.29) is 17.1 Å². The van der Waals surface area contributed by atoms with Crippen LogP contribution in [-0.4, -0.2) is 58.1 Å². The van der Waals surface area contributed by atoms with Gasteiger partial charge in [-0.2, -0.15) is 9.48 Å². The molecule has 3 amide bonds. The van der Waals surface area contributed by atoms with Gasteiger partial charge in [0.1, 0.15) is 5.57 Å². The molecule has 7 heteroatoms. The van der Waals surface area contributed by atoms with E-state index in [2.05, 4.69) is 4.99 Å². The fourth-order valence-electron chi connectivity index (χ4n) is 1.51. The number of hydrogen-bond acceptors (Lipinski definition) is 4. The number of amides is 3. The van der Waals surface area contributed by atoms with Gasteiger partial charge in [0, 0.05) is 6.08 Å². The molecule has 7 nitrogen and oxygen atoms in total. The second kappa shape index (κ2) is 3.09. The average molecular weight is 222 g/mol. The lowest BCUT2D eigenvalue weighted by molar-refractivity contribution is -0.403. The summed E-state index contributed by atoms with van der Waals surface area (Å²) in [6.45, 7) is 0. The summed E-state index contributed by atoms with van der Waals surface area (Å²) in [5.41, 5.74) is -0.115. The largest absolute Gasteiger partial charge is 0.475 e. The number of imide groups is 1. The number of aliphatic imine (C=N–C) groups is 1. The molecule has 1 N–H and O–H groups in total. The number of urea groups is 1. The number of nitrogens with zero attached hydrogens (tertiary/aromatic N) is 3. The quantitative estimate of drug-likeness (QED) is 0.581. The molecule has 0 bridgehead atoms. The van der Waals surface area contributed by atoms with Crippen LogP contribution in [0.4, 0.5) is 4.79 Å². The molecule has 0 fully saturated rings. The number of likely N-dealkylation sites (N-methyl/N-ethyl adjacent to an activating group) is 1. The lowest BCUT2D eigenvalue weighted by atomic mass is 10.2. The van der Waals surface area contributed by atoms with Crippen molar-refractivity contribution in [1.82, 2.24) is 4.90 Å². The van der Waals surface area contributed by atoms with Crippen molar-refractivity contribution in [3.05, 3.63) is 11.6 Å². The van der Waals surface area contributed by atoms with Gasteiger partial charge in [0.2, 0.25) is 5.71 Å². The van der Waals surface area contributed by atoms with E-state index in [0.717, 1.165) is 9.48 Å². The lowest BCUT2D eigenvalue weighted by Gasteiger charge is -2.16. The van der Waals surface area contributed by atoms with Gasteiger partial charge in [-0.25, -0.2) is 14.4 Å². The summed E-state index contributed by atoms with van der Waals surface area (Å²) in [5, 5.41) is 8.75. The molecular formula is C9H8N3O4+. The van der Waals surface area contributed by atoms with E-state index in [4.69, 9.17) is 5.11 Å². The SMILES string of the molecule is CN1C(=O)C2=CC(C(=O)O)=NC2=[N+](C)C1=O. The first-order chi connectivity index (χ1) is 7.43. The number of hydrogen-bond donors (Lipinski definition) is 1. The van der Waals surface area contributed by atoms with Gasteiger partial charge < -0.3 is 5.11 Å². The highest BCUT2D eigenvalue weighted by atomic mass is 16.4. The van der Waals surface area contributed by atoms with Gasteiger partial charge in [0.25, 0.3) is 5.84 Å². The zero-order chi connectivity index (χ0) is 12.0. The molecule has 82 valence electrons. The summed E-state index contributed by atoms with van der Waals surface area (Å²) in [6, 6.07) is -0.535. The van der Waals surface area contributed by atoms with E-state index in [9.17, 15) is 14.4 Å². The van der Waals surface area contributed by atoms with Crippen LogP contribution in [0.25, 0.3) is 0 Å². The summed E-state index contributed by atoms with van der Waals surface area (Å²) in [4.78, 5) is 38.5. The number of amidine groups is 1. The first-order valence-electron chi connectivity index (χ1n) is 4.40. The molecule has 0 unspecified atom stereocenters. The van der Waals surface area contributed by atoms with E-state index in [1.54, 1.807) is 0 Å². The van der Waals surface area contributed by atoms with Crippen LogP contribution in [-0.2, 0) is 9.59 Å². The predicted molar refractivity (Wildman–Crippen MR) is 52.5 cm³/mol. The van der Waals surface area contributed by atoms with Gasteiger partial charge in [-0.3, -0.25) is 0 Å². The molecule has 2 aliphatic heterocycles. The zero-order valence-electron chi connectivity index (χ0n) is 8.59. The number of fused-ring (bicyclic) bond motifs is 1. The second-order valence-corrected chi connectivity index (χ2v) is 3.39. The summed E-state index contributed by atoms with van der Waals surface area (Å²) in [7, 11) is 2.76. The highest BCUT2D eigenvalue weighted by Gasteiger charge is 2.43. The molecule has 0 saturated carbocycles. The van der Waals surface area contributed by atoms with Crippen molar-refractivity contribution in [1.29, 1.82) is 0 Å². The molecule has 2 rings (SSSR count). The van der Waals surface area contributed by atoms with E-state index < -0.39 is 17.9 Å². The maximum Gasteiger partial charge on any atom is 0.445 e. The van der Waals surface area contributed by atoms with Crippen molar-refractivity contribution in [3.63, 3.8) is 0 Å². The molecule has 0 atom stereocenters. The van der Waals surface area contributed by atoms with Gasteiger partial charge in [-0.1, -0.05) is 4.99 Å². The Hall–Kier alpha value is -2.31. The van der Waals surface area contributed by atoms with Crippen molar-refractivity contribution in [2.75, 3.05) is 14.1 Å². The molecule has 2 aliphatic rings. The Kier molecular flexibility index (Phi) is 1.97. The highest BCUT2D eigenvalue weighted by Crippen LogP contribution is 2.17. The maximum absolute atomic E-state index is 11.7. The Morgan fingerprint density at radius 1 is 1.50 bits per heavy atom. The molecule has 0 aromatic heterocycles.